The summed E-state index contributed by atoms with van der Waals surface area (Å²) in [6, 6.07) is 0. The normalized spacial score (nSPS) is 16.4. The van der Waals surface area contributed by atoms with Crippen LogP contribution in [0.5, 0.6) is 0 Å². The number of hydrogen-bond donors (Lipinski definition) is 1. The summed E-state index contributed by atoms with van der Waals surface area (Å²) in [4.78, 5) is 12.6. The number of rotatable bonds is 3. The lowest BCUT2D eigenvalue weighted by molar-refractivity contribution is 0.0939. The van der Waals surface area contributed by atoms with Crippen molar-refractivity contribution in [1.29, 1.82) is 0 Å². The van der Waals surface area contributed by atoms with Crippen LogP contribution in [0.4, 0.5) is 17.6 Å². The number of carbonyl (C=O) groups excluding carboxylic acids is 1. The maximum absolute atomic E-state index is 14.4. The summed E-state index contributed by atoms with van der Waals surface area (Å²) in [5.74, 6) is -6.23. The van der Waals surface area contributed by atoms with E-state index < -0.39 is 52.3 Å². The van der Waals surface area contributed by atoms with Crippen LogP contribution in [0.2, 0.25) is 0 Å². The zero-order chi connectivity index (χ0) is 21.0. The number of nitrogens with zero attached hydrogens (tertiary/aromatic N) is 2. The quantitative estimate of drug-likeness (QED) is 0.622. The van der Waals surface area contributed by atoms with Crippen molar-refractivity contribution in [2.75, 3.05) is 0 Å². The third-order valence-electron chi connectivity index (χ3n) is 5.22. The molecule has 1 aromatic carbocycles. The van der Waals surface area contributed by atoms with Gasteiger partial charge in [-0.25, -0.2) is 17.6 Å². The molecule has 4 nitrogen and oxygen atoms in total. The second-order valence-corrected chi connectivity index (χ2v) is 8.32. The number of hydrogen-bond acceptors (Lipinski definition) is 2. The van der Waals surface area contributed by atoms with Gasteiger partial charge < -0.3 is 5.32 Å². The average molecular weight is 397 g/mol. The van der Waals surface area contributed by atoms with E-state index in [4.69, 9.17) is 0 Å². The van der Waals surface area contributed by atoms with Crippen LogP contribution in [-0.4, -0.2) is 15.7 Å². The summed E-state index contributed by atoms with van der Waals surface area (Å²) < 4.78 is 59.0. The number of aryl methyl sites for hydroxylation is 1. The number of halogens is 4. The number of benzene rings is 1. The zero-order valence-corrected chi connectivity index (χ0v) is 16.5. The number of amides is 1. The first kappa shape index (κ1) is 20.4. The fraction of sp³-hybridized carbons (Fsp3) is 0.500. The lowest BCUT2D eigenvalue weighted by Gasteiger charge is -2.22. The zero-order valence-electron chi connectivity index (χ0n) is 16.5. The maximum Gasteiger partial charge on any atom is 0.270 e. The topological polar surface area (TPSA) is 46.9 Å². The predicted octanol–water partition coefficient (Wildman–Crippen LogP) is 4.25. The molecule has 1 aliphatic carbocycles. The second kappa shape index (κ2) is 6.90. The second-order valence-electron chi connectivity index (χ2n) is 8.32. The Morgan fingerprint density at radius 2 is 1.71 bits per heavy atom. The summed E-state index contributed by atoms with van der Waals surface area (Å²) in [6.45, 7) is 5.70. The van der Waals surface area contributed by atoms with Gasteiger partial charge in [0.25, 0.3) is 5.91 Å². The lowest BCUT2D eigenvalue weighted by atomic mass is 9.85. The largest absolute Gasteiger partial charge is 0.346 e. The smallest absolute Gasteiger partial charge is 0.270 e. The minimum atomic E-state index is -1.49. The van der Waals surface area contributed by atoms with Gasteiger partial charge in [-0.15, -0.1) is 0 Å². The minimum Gasteiger partial charge on any atom is -0.346 e. The molecule has 1 N–H and O–H groups in total. The number of aromatic nitrogens is 2. The molecule has 0 saturated carbocycles. The van der Waals surface area contributed by atoms with E-state index in [1.165, 1.54) is 25.5 Å². The molecule has 1 atom stereocenters. The first-order valence-electron chi connectivity index (χ1n) is 9.14. The van der Waals surface area contributed by atoms with E-state index in [1.807, 2.05) is 6.92 Å². The SMILES string of the molecule is CC1CCc2c1nn(C)c2C(=O)NCc1c(F)c(F)c(C(C)(C)C)c(F)c1F. The van der Waals surface area contributed by atoms with Gasteiger partial charge in [0.1, 0.15) is 5.69 Å². The van der Waals surface area contributed by atoms with Crippen LogP contribution in [0.3, 0.4) is 0 Å². The molecule has 0 saturated heterocycles. The molecule has 0 aliphatic heterocycles. The predicted molar refractivity (Wildman–Crippen MR) is 96.1 cm³/mol. The molecule has 1 amide bonds. The van der Waals surface area contributed by atoms with Crippen LogP contribution in [0.25, 0.3) is 0 Å². The minimum absolute atomic E-state index is 0.228. The molecule has 3 rings (SSSR count). The van der Waals surface area contributed by atoms with Gasteiger partial charge in [0, 0.05) is 36.2 Å². The molecule has 0 fully saturated rings. The Balaban J connectivity index is 1.90. The Morgan fingerprint density at radius 3 is 2.25 bits per heavy atom. The van der Waals surface area contributed by atoms with E-state index in [0.29, 0.717) is 12.1 Å². The molecular formula is C20H23F4N3O. The molecule has 1 aromatic heterocycles. The van der Waals surface area contributed by atoms with E-state index in [9.17, 15) is 22.4 Å². The Kier molecular flexibility index (Phi) is 5.02. The molecular weight excluding hydrogens is 374 g/mol. The van der Waals surface area contributed by atoms with Crippen molar-refractivity contribution in [1.82, 2.24) is 15.1 Å². The standard InChI is InChI=1S/C20H23F4N3O/c1-9-6-7-10-17(9)26-27(5)18(10)19(28)25-8-11-13(21)15(23)12(20(2,3)4)16(24)14(11)22/h9H,6-8H2,1-5H3,(H,25,28). The van der Waals surface area contributed by atoms with Crippen molar-refractivity contribution >= 4 is 5.91 Å². The molecule has 1 unspecified atom stereocenters. The van der Waals surface area contributed by atoms with Crippen LogP contribution in [0.1, 0.15) is 72.9 Å². The fourth-order valence-electron chi connectivity index (χ4n) is 3.76. The van der Waals surface area contributed by atoms with E-state index in [-0.39, 0.29) is 5.92 Å². The summed E-state index contributed by atoms with van der Waals surface area (Å²) >= 11 is 0. The molecule has 0 radical (unpaired) electrons. The summed E-state index contributed by atoms with van der Waals surface area (Å²) in [5, 5.41) is 6.71. The van der Waals surface area contributed by atoms with Gasteiger partial charge in [-0.2, -0.15) is 5.10 Å². The van der Waals surface area contributed by atoms with E-state index in [1.54, 1.807) is 7.05 Å². The lowest BCUT2D eigenvalue weighted by Crippen LogP contribution is -2.28. The van der Waals surface area contributed by atoms with Crippen molar-refractivity contribution in [3.8, 4) is 0 Å². The number of fused-ring (bicyclic) bond motifs is 1. The molecule has 1 aliphatic rings. The summed E-state index contributed by atoms with van der Waals surface area (Å²) in [6.07, 6.45) is 1.55. The monoisotopic (exact) mass is 397 g/mol. The maximum atomic E-state index is 14.4. The highest BCUT2D eigenvalue weighted by atomic mass is 19.2. The van der Waals surface area contributed by atoms with Gasteiger partial charge >= 0.3 is 0 Å². The molecule has 152 valence electrons. The van der Waals surface area contributed by atoms with Crippen molar-refractivity contribution in [3.05, 3.63) is 51.3 Å². The van der Waals surface area contributed by atoms with Gasteiger partial charge in [0.2, 0.25) is 0 Å². The van der Waals surface area contributed by atoms with Gasteiger partial charge in [0.15, 0.2) is 23.3 Å². The van der Waals surface area contributed by atoms with E-state index in [2.05, 4.69) is 10.4 Å². The highest BCUT2D eigenvalue weighted by Gasteiger charge is 2.33. The van der Waals surface area contributed by atoms with Crippen molar-refractivity contribution in [2.24, 2.45) is 7.05 Å². The first-order valence-corrected chi connectivity index (χ1v) is 9.14. The van der Waals surface area contributed by atoms with Gasteiger partial charge in [0.05, 0.1) is 5.69 Å². The number of carbonyl (C=O) groups is 1. The highest BCUT2D eigenvalue weighted by Crippen LogP contribution is 2.34. The fourth-order valence-corrected chi connectivity index (χ4v) is 3.76. The number of nitrogens with one attached hydrogen (secondary N) is 1. The van der Waals surface area contributed by atoms with Crippen LogP contribution >= 0.6 is 0 Å². The third-order valence-corrected chi connectivity index (χ3v) is 5.22. The Bertz CT molecular complexity index is 931. The van der Waals surface area contributed by atoms with Crippen molar-refractivity contribution < 1.29 is 22.4 Å². The molecule has 28 heavy (non-hydrogen) atoms. The van der Waals surface area contributed by atoms with E-state index >= 15 is 0 Å². The van der Waals surface area contributed by atoms with Gasteiger partial charge in [-0.3, -0.25) is 9.48 Å². The molecule has 8 heteroatoms. The van der Waals surface area contributed by atoms with Crippen LogP contribution in [0, 0.1) is 23.3 Å². The Morgan fingerprint density at radius 1 is 1.14 bits per heavy atom. The van der Waals surface area contributed by atoms with Gasteiger partial charge in [-0.05, 0) is 18.3 Å². The third kappa shape index (κ3) is 3.18. The molecule has 2 aromatic rings. The summed E-state index contributed by atoms with van der Waals surface area (Å²) in [7, 11) is 1.61. The molecule has 1 heterocycles. The van der Waals surface area contributed by atoms with Crippen LogP contribution in [0.15, 0.2) is 0 Å². The summed E-state index contributed by atoms with van der Waals surface area (Å²) in [5.41, 5.74) is -0.693. The Labute approximate surface area is 160 Å². The van der Waals surface area contributed by atoms with E-state index in [0.717, 1.165) is 17.7 Å². The first-order chi connectivity index (χ1) is 12.9. The van der Waals surface area contributed by atoms with Crippen LogP contribution < -0.4 is 5.32 Å². The molecule has 0 bridgehead atoms. The van der Waals surface area contributed by atoms with Crippen LogP contribution in [-0.2, 0) is 25.4 Å². The van der Waals surface area contributed by atoms with Gasteiger partial charge in [-0.1, -0.05) is 27.7 Å². The average Bonchev–Trinajstić information content (AvgIpc) is 3.10. The van der Waals surface area contributed by atoms with Crippen molar-refractivity contribution in [3.63, 3.8) is 0 Å². The van der Waals surface area contributed by atoms with Crippen molar-refractivity contribution in [2.45, 2.75) is 58.4 Å². The Hall–Kier alpha value is -2.38. The highest BCUT2D eigenvalue weighted by molar-refractivity contribution is 5.94. The molecule has 0 spiro atoms.